The Labute approximate surface area is 118 Å². The zero-order chi connectivity index (χ0) is 14.5. The molecule has 1 unspecified atom stereocenters. The van der Waals surface area contributed by atoms with Crippen LogP contribution >= 0.6 is 0 Å². The van der Waals surface area contributed by atoms with Crippen LogP contribution in [0.25, 0.3) is 0 Å². The van der Waals surface area contributed by atoms with Crippen LogP contribution in [-0.4, -0.2) is 54.5 Å². The number of likely N-dealkylation sites (tertiary alicyclic amines) is 1. The number of carbonyl (C=O) groups excluding carboxylic acids is 1. The lowest BCUT2D eigenvalue weighted by atomic mass is 9.85. The SMILES string of the molecule is CCN(CC)C1CCN(C(=O)C(C)(CC)CN)CC1. The molecule has 1 aliphatic heterocycles. The Morgan fingerprint density at radius 3 is 2.16 bits per heavy atom. The minimum atomic E-state index is -0.373. The van der Waals surface area contributed by atoms with Gasteiger partial charge in [-0.1, -0.05) is 20.8 Å². The van der Waals surface area contributed by atoms with E-state index in [1.165, 1.54) is 0 Å². The van der Waals surface area contributed by atoms with Crippen molar-refractivity contribution in [2.45, 2.75) is 53.0 Å². The van der Waals surface area contributed by atoms with Crippen LogP contribution < -0.4 is 5.73 Å². The fraction of sp³-hybridized carbons (Fsp3) is 0.933. The van der Waals surface area contributed by atoms with Crippen LogP contribution in [0.1, 0.15) is 47.0 Å². The number of piperidine rings is 1. The third-order valence-electron chi connectivity index (χ3n) is 4.83. The van der Waals surface area contributed by atoms with Crippen LogP contribution in [0.15, 0.2) is 0 Å². The largest absolute Gasteiger partial charge is 0.342 e. The number of hydrogen-bond donors (Lipinski definition) is 1. The molecule has 1 rings (SSSR count). The van der Waals surface area contributed by atoms with Gasteiger partial charge in [-0.15, -0.1) is 0 Å². The van der Waals surface area contributed by atoms with Crippen LogP contribution in [0.3, 0.4) is 0 Å². The second-order valence-corrected chi connectivity index (χ2v) is 5.86. The average Bonchev–Trinajstić information content (AvgIpc) is 2.47. The molecule has 112 valence electrons. The summed E-state index contributed by atoms with van der Waals surface area (Å²) >= 11 is 0. The lowest BCUT2D eigenvalue weighted by molar-refractivity contribution is -0.142. The number of nitrogens with two attached hydrogens (primary N) is 1. The predicted molar refractivity (Wildman–Crippen MR) is 80.0 cm³/mol. The predicted octanol–water partition coefficient (Wildman–Crippen LogP) is 1.69. The van der Waals surface area contributed by atoms with Crippen molar-refractivity contribution in [3.8, 4) is 0 Å². The van der Waals surface area contributed by atoms with E-state index in [2.05, 4.69) is 18.7 Å². The van der Waals surface area contributed by atoms with Gasteiger partial charge in [0, 0.05) is 25.7 Å². The first-order chi connectivity index (χ1) is 9.02. The van der Waals surface area contributed by atoms with Gasteiger partial charge in [-0.05, 0) is 39.3 Å². The molecule has 4 nitrogen and oxygen atoms in total. The molecule has 0 aromatic carbocycles. The molecule has 0 aromatic rings. The van der Waals surface area contributed by atoms with Crippen LogP contribution in [0.5, 0.6) is 0 Å². The van der Waals surface area contributed by atoms with E-state index in [1.807, 2.05) is 18.7 Å². The highest BCUT2D eigenvalue weighted by Crippen LogP contribution is 2.25. The Bertz CT molecular complexity index is 277. The van der Waals surface area contributed by atoms with Crippen LogP contribution in [0, 0.1) is 5.41 Å². The van der Waals surface area contributed by atoms with E-state index in [0.29, 0.717) is 12.6 Å². The first-order valence-corrected chi connectivity index (χ1v) is 7.75. The van der Waals surface area contributed by atoms with Crippen molar-refractivity contribution in [3.63, 3.8) is 0 Å². The number of carbonyl (C=O) groups is 1. The van der Waals surface area contributed by atoms with Gasteiger partial charge in [0.2, 0.25) is 5.91 Å². The maximum atomic E-state index is 12.5. The molecule has 2 N–H and O–H groups in total. The molecule has 1 saturated heterocycles. The third kappa shape index (κ3) is 3.69. The fourth-order valence-corrected chi connectivity index (χ4v) is 2.94. The summed E-state index contributed by atoms with van der Waals surface area (Å²) in [7, 11) is 0. The number of rotatable bonds is 6. The van der Waals surface area contributed by atoms with Gasteiger partial charge in [0.05, 0.1) is 5.41 Å². The molecule has 0 aromatic heterocycles. The molecule has 0 spiro atoms. The first-order valence-electron chi connectivity index (χ1n) is 7.75. The highest BCUT2D eigenvalue weighted by atomic mass is 16.2. The summed E-state index contributed by atoms with van der Waals surface area (Å²) < 4.78 is 0. The quantitative estimate of drug-likeness (QED) is 0.798. The second kappa shape index (κ2) is 7.25. The van der Waals surface area contributed by atoms with Gasteiger partial charge < -0.3 is 15.5 Å². The monoisotopic (exact) mass is 269 g/mol. The topological polar surface area (TPSA) is 49.6 Å². The number of hydrogen-bond acceptors (Lipinski definition) is 3. The maximum Gasteiger partial charge on any atom is 0.229 e. The zero-order valence-corrected chi connectivity index (χ0v) is 13.1. The van der Waals surface area contributed by atoms with Gasteiger partial charge in [0.1, 0.15) is 0 Å². The lowest BCUT2D eigenvalue weighted by Crippen LogP contribution is -2.52. The Morgan fingerprint density at radius 1 is 1.26 bits per heavy atom. The van der Waals surface area contributed by atoms with Gasteiger partial charge >= 0.3 is 0 Å². The molecule has 1 heterocycles. The van der Waals surface area contributed by atoms with Crippen molar-refractivity contribution in [1.29, 1.82) is 0 Å². The van der Waals surface area contributed by atoms with Crippen LogP contribution in [-0.2, 0) is 4.79 Å². The molecule has 0 saturated carbocycles. The van der Waals surface area contributed by atoms with E-state index in [-0.39, 0.29) is 11.3 Å². The summed E-state index contributed by atoms with van der Waals surface area (Å²) in [6.07, 6.45) is 3.01. The Morgan fingerprint density at radius 2 is 1.79 bits per heavy atom. The van der Waals surface area contributed by atoms with E-state index >= 15 is 0 Å². The molecule has 1 fully saturated rings. The minimum absolute atomic E-state index is 0.246. The summed E-state index contributed by atoms with van der Waals surface area (Å²) in [6.45, 7) is 12.9. The van der Waals surface area contributed by atoms with E-state index in [1.54, 1.807) is 0 Å². The molecule has 0 radical (unpaired) electrons. The van der Waals surface area contributed by atoms with Crippen molar-refractivity contribution in [3.05, 3.63) is 0 Å². The van der Waals surface area contributed by atoms with Gasteiger partial charge in [0.15, 0.2) is 0 Å². The van der Waals surface area contributed by atoms with Gasteiger partial charge in [-0.2, -0.15) is 0 Å². The summed E-state index contributed by atoms with van der Waals surface area (Å²) in [4.78, 5) is 17.1. The van der Waals surface area contributed by atoms with E-state index in [9.17, 15) is 4.79 Å². The first kappa shape index (κ1) is 16.4. The van der Waals surface area contributed by atoms with Crippen molar-refractivity contribution in [2.75, 3.05) is 32.7 Å². The molecule has 19 heavy (non-hydrogen) atoms. The molecule has 1 atom stereocenters. The van der Waals surface area contributed by atoms with E-state index < -0.39 is 0 Å². The normalized spacial score (nSPS) is 20.6. The van der Waals surface area contributed by atoms with Crippen molar-refractivity contribution < 1.29 is 4.79 Å². The minimum Gasteiger partial charge on any atom is -0.342 e. The van der Waals surface area contributed by atoms with Gasteiger partial charge in [-0.3, -0.25) is 4.79 Å². The highest BCUT2D eigenvalue weighted by molar-refractivity contribution is 5.82. The Hall–Kier alpha value is -0.610. The van der Waals surface area contributed by atoms with Gasteiger partial charge in [-0.25, -0.2) is 0 Å². The van der Waals surface area contributed by atoms with Crippen molar-refractivity contribution in [1.82, 2.24) is 9.80 Å². The zero-order valence-electron chi connectivity index (χ0n) is 13.1. The number of amides is 1. The summed E-state index contributed by atoms with van der Waals surface area (Å²) in [6, 6.07) is 0.643. The van der Waals surface area contributed by atoms with Gasteiger partial charge in [0.25, 0.3) is 0 Å². The van der Waals surface area contributed by atoms with Crippen LogP contribution in [0.4, 0.5) is 0 Å². The Balaban J connectivity index is 2.56. The molecular formula is C15H31N3O. The molecular weight excluding hydrogens is 238 g/mol. The lowest BCUT2D eigenvalue weighted by Gasteiger charge is -2.40. The third-order valence-corrected chi connectivity index (χ3v) is 4.83. The maximum absolute atomic E-state index is 12.5. The standard InChI is InChI=1S/C15H31N3O/c1-5-15(4,12-16)14(19)18-10-8-13(9-11-18)17(6-2)7-3/h13H,5-12,16H2,1-4H3. The molecule has 1 aliphatic rings. The molecule has 1 amide bonds. The summed E-state index contributed by atoms with van der Waals surface area (Å²) in [5.41, 5.74) is 5.42. The molecule has 0 aliphatic carbocycles. The van der Waals surface area contributed by atoms with E-state index in [4.69, 9.17) is 5.73 Å². The number of nitrogens with zero attached hydrogens (tertiary/aromatic N) is 2. The molecule has 4 heteroatoms. The highest BCUT2D eigenvalue weighted by Gasteiger charge is 2.35. The Kier molecular flexibility index (Phi) is 6.27. The second-order valence-electron chi connectivity index (χ2n) is 5.86. The van der Waals surface area contributed by atoms with Crippen molar-refractivity contribution >= 4 is 5.91 Å². The fourth-order valence-electron chi connectivity index (χ4n) is 2.94. The summed E-state index contributed by atoms with van der Waals surface area (Å²) in [5, 5.41) is 0. The average molecular weight is 269 g/mol. The van der Waals surface area contributed by atoms with E-state index in [0.717, 1.165) is 45.4 Å². The van der Waals surface area contributed by atoms with Crippen LogP contribution in [0.2, 0.25) is 0 Å². The summed E-state index contributed by atoms with van der Waals surface area (Å²) in [5.74, 6) is 0.246. The smallest absolute Gasteiger partial charge is 0.229 e. The van der Waals surface area contributed by atoms with Crippen molar-refractivity contribution in [2.24, 2.45) is 11.1 Å². The molecule has 0 bridgehead atoms.